The molecule has 0 amide bonds. The molecule has 0 unspecified atom stereocenters. The monoisotopic (exact) mass is 276 g/mol. The zero-order valence-electron chi connectivity index (χ0n) is 12.5. The minimum Gasteiger partial charge on any atom is -0.481 e. The Balaban J connectivity index is 2.16. The van der Waals surface area contributed by atoms with Crippen molar-refractivity contribution in [1.29, 1.82) is 0 Å². The highest BCUT2D eigenvalue weighted by Gasteiger charge is 2.22. The van der Waals surface area contributed by atoms with Crippen LogP contribution in [-0.2, 0) is 16.0 Å². The molecule has 1 aliphatic carbocycles. The Bertz CT molecular complexity index is 448. The Labute approximate surface area is 121 Å². The normalized spacial score (nSPS) is 15.3. The summed E-state index contributed by atoms with van der Waals surface area (Å²) in [5, 5.41) is 0. The van der Waals surface area contributed by atoms with Gasteiger partial charge in [-0.1, -0.05) is 38.0 Å². The molecule has 0 bridgehead atoms. The van der Waals surface area contributed by atoms with E-state index in [0.29, 0.717) is 12.5 Å². The number of para-hydroxylation sites is 1. The predicted octanol–water partition coefficient (Wildman–Crippen LogP) is 3.85. The minimum atomic E-state index is -0.296. The van der Waals surface area contributed by atoms with Gasteiger partial charge in [-0.15, -0.1) is 0 Å². The van der Waals surface area contributed by atoms with Crippen molar-refractivity contribution in [3.63, 3.8) is 0 Å². The van der Waals surface area contributed by atoms with Gasteiger partial charge in [-0.3, -0.25) is 0 Å². The summed E-state index contributed by atoms with van der Waals surface area (Å²) in [6.45, 7) is 4.32. The van der Waals surface area contributed by atoms with Crippen LogP contribution < -0.4 is 4.74 Å². The topological polar surface area (TPSA) is 35.5 Å². The molecule has 1 fully saturated rings. The first-order valence-electron chi connectivity index (χ1n) is 7.66. The molecular weight excluding hydrogens is 252 g/mol. The number of carbonyl (C=O) groups excluding carboxylic acids is 1. The lowest BCUT2D eigenvalue weighted by molar-refractivity contribution is -0.145. The van der Waals surface area contributed by atoms with Crippen LogP contribution in [0, 0.1) is 0 Å². The van der Waals surface area contributed by atoms with Crippen LogP contribution in [-0.4, -0.2) is 19.2 Å². The summed E-state index contributed by atoms with van der Waals surface area (Å²) in [5.41, 5.74) is 2.45. The van der Waals surface area contributed by atoms with Crippen molar-refractivity contribution in [2.24, 2.45) is 0 Å². The summed E-state index contributed by atoms with van der Waals surface area (Å²) in [6, 6.07) is 6.33. The van der Waals surface area contributed by atoms with Crippen LogP contribution in [0.25, 0.3) is 0 Å². The molecule has 1 aromatic rings. The lowest BCUT2D eigenvalue weighted by Crippen LogP contribution is -2.16. The van der Waals surface area contributed by atoms with E-state index in [4.69, 9.17) is 9.47 Å². The number of carbonyl (C=O) groups is 1. The summed E-state index contributed by atoms with van der Waals surface area (Å²) in [5.74, 6) is 1.20. The summed E-state index contributed by atoms with van der Waals surface area (Å²) in [7, 11) is 0. The highest BCUT2D eigenvalue weighted by Crippen LogP contribution is 2.40. The summed E-state index contributed by atoms with van der Waals surface area (Å²) in [4.78, 5) is 11.5. The van der Waals surface area contributed by atoms with E-state index < -0.39 is 0 Å². The van der Waals surface area contributed by atoms with Gasteiger partial charge in [0.25, 0.3) is 0 Å². The van der Waals surface area contributed by atoms with E-state index in [1.807, 2.05) is 6.92 Å². The Hall–Kier alpha value is -1.51. The third-order valence-corrected chi connectivity index (χ3v) is 3.94. The van der Waals surface area contributed by atoms with E-state index >= 15 is 0 Å². The molecule has 0 heterocycles. The molecule has 0 radical (unpaired) electrons. The van der Waals surface area contributed by atoms with Gasteiger partial charge in [-0.2, -0.15) is 0 Å². The van der Waals surface area contributed by atoms with Gasteiger partial charge in [-0.05, 0) is 43.2 Å². The summed E-state index contributed by atoms with van der Waals surface area (Å²) >= 11 is 0. The van der Waals surface area contributed by atoms with E-state index in [2.05, 4.69) is 25.1 Å². The van der Waals surface area contributed by atoms with Gasteiger partial charge in [0.15, 0.2) is 6.61 Å². The molecule has 0 N–H and O–H groups in total. The van der Waals surface area contributed by atoms with E-state index in [0.717, 1.165) is 12.2 Å². The molecule has 3 nitrogen and oxygen atoms in total. The molecule has 1 aliphatic rings. The number of hydrogen-bond donors (Lipinski definition) is 0. The SMILES string of the molecule is CCOC(=O)COc1c(CC)cccc1C1CCCC1. The van der Waals surface area contributed by atoms with Gasteiger partial charge in [-0.25, -0.2) is 4.79 Å². The lowest BCUT2D eigenvalue weighted by atomic mass is 9.94. The Morgan fingerprint density at radius 1 is 1.25 bits per heavy atom. The van der Waals surface area contributed by atoms with Crippen LogP contribution >= 0.6 is 0 Å². The number of rotatable bonds is 6. The number of esters is 1. The zero-order chi connectivity index (χ0) is 14.4. The van der Waals surface area contributed by atoms with E-state index in [1.165, 1.54) is 36.8 Å². The van der Waals surface area contributed by atoms with Crippen LogP contribution in [0.15, 0.2) is 18.2 Å². The van der Waals surface area contributed by atoms with Crippen molar-refractivity contribution in [3.8, 4) is 5.75 Å². The smallest absolute Gasteiger partial charge is 0.344 e. The molecule has 0 atom stereocenters. The number of benzene rings is 1. The second-order valence-electron chi connectivity index (χ2n) is 5.26. The Kier molecular flexibility index (Phi) is 5.45. The van der Waals surface area contributed by atoms with Gasteiger partial charge in [0.1, 0.15) is 5.75 Å². The van der Waals surface area contributed by atoms with E-state index in [1.54, 1.807) is 0 Å². The molecule has 2 rings (SSSR count). The predicted molar refractivity (Wildman–Crippen MR) is 79.2 cm³/mol. The lowest BCUT2D eigenvalue weighted by Gasteiger charge is -2.18. The molecular formula is C17H24O3. The minimum absolute atomic E-state index is 0.00454. The molecule has 0 aromatic heterocycles. The molecule has 3 heteroatoms. The molecule has 1 aromatic carbocycles. The standard InChI is InChI=1S/C17H24O3/c1-3-13-10-7-11-15(14-8-5-6-9-14)17(13)20-12-16(18)19-4-2/h7,10-11,14H,3-6,8-9,12H2,1-2H3. The number of hydrogen-bond acceptors (Lipinski definition) is 3. The van der Waals surface area contributed by atoms with Gasteiger partial charge >= 0.3 is 5.97 Å². The largest absolute Gasteiger partial charge is 0.481 e. The maximum absolute atomic E-state index is 11.5. The quantitative estimate of drug-likeness (QED) is 0.740. The molecule has 0 aliphatic heterocycles. The van der Waals surface area contributed by atoms with E-state index in [9.17, 15) is 4.79 Å². The Morgan fingerprint density at radius 2 is 2.00 bits per heavy atom. The first kappa shape index (κ1) is 14.9. The summed E-state index contributed by atoms with van der Waals surface area (Å²) in [6.07, 6.45) is 5.95. The fraction of sp³-hybridized carbons (Fsp3) is 0.588. The fourth-order valence-corrected chi connectivity index (χ4v) is 2.95. The van der Waals surface area contributed by atoms with Crippen molar-refractivity contribution in [2.75, 3.05) is 13.2 Å². The first-order valence-corrected chi connectivity index (χ1v) is 7.66. The molecule has 0 saturated heterocycles. The van der Waals surface area contributed by atoms with Crippen LogP contribution in [0.3, 0.4) is 0 Å². The zero-order valence-corrected chi connectivity index (χ0v) is 12.5. The average molecular weight is 276 g/mol. The highest BCUT2D eigenvalue weighted by atomic mass is 16.6. The maximum atomic E-state index is 11.5. The van der Waals surface area contributed by atoms with Crippen LogP contribution in [0.4, 0.5) is 0 Å². The maximum Gasteiger partial charge on any atom is 0.344 e. The van der Waals surface area contributed by atoms with Gasteiger partial charge in [0, 0.05) is 0 Å². The second-order valence-corrected chi connectivity index (χ2v) is 5.26. The van der Waals surface area contributed by atoms with Crippen molar-refractivity contribution in [3.05, 3.63) is 29.3 Å². The average Bonchev–Trinajstić information content (AvgIpc) is 2.99. The second kappa shape index (κ2) is 7.32. The highest BCUT2D eigenvalue weighted by molar-refractivity contribution is 5.71. The van der Waals surface area contributed by atoms with Crippen LogP contribution in [0.5, 0.6) is 5.75 Å². The molecule has 0 spiro atoms. The Morgan fingerprint density at radius 3 is 2.65 bits per heavy atom. The molecule has 20 heavy (non-hydrogen) atoms. The van der Waals surface area contributed by atoms with Crippen molar-refractivity contribution in [1.82, 2.24) is 0 Å². The number of aryl methyl sites for hydroxylation is 1. The van der Waals surface area contributed by atoms with Gasteiger partial charge in [0.2, 0.25) is 0 Å². The van der Waals surface area contributed by atoms with Crippen molar-refractivity contribution < 1.29 is 14.3 Å². The van der Waals surface area contributed by atoms with Gasteiger partial charge < -0.3 is 9.47 Å². The third-order valence-electron chi connectivity index (χ3n) is 3.94. The van der Waals surface area contributed by atoms with Gasteiger partial charge in [0.05, 0.1) is 6.61 Å². The fourth-order valence-electron chi connectivity index (χ4n) is 2.95. The van der Waals surface area contributed by atoms with Crippen LogP contribution in [0.2, 0.25) is 0 Å². The number of ether oxygens (including phenoxy) is 2. The van der Waals surface area contributed by atoms with Crippen molar-refractivity contribution in [2.45, 2.75) is 51.9 Å². The molecule has 110 valence electrons. The summed E-state index contributed by atoms with van der Waals surface area (Å²) < 4.78 is 10.7. The van der Waals surface area contributed by atoms with Crippen molar-refractivity contribution >= 4 is 5.97 Å². The third kappa shape index (κ3) is 3.53. The van der Waals surface area contributed by atoms with Crippen LogP contribution in [0.1, 0.15) is 56.6 Å². The molecule has 1 saturated carbocycles. The van der Waals surface area contributed by atoms with E-state index in [-0.39, 0.29) is 12.6 Å². The first-order chi connectivity index (χ1) is 9.76.